The molecule has 0 fully saturated rings. The van der Waals surface area contributed by atoms with Crippen LogP contribution < -0.4 is 0 Å². The van der Waals surface area contributed by atoms with Crippen molar-refractivity contribution in [3.8, 4) is 0 Å². The van der Waals surface area contributed by atoms with E-state index in [0.29, 0.717) is 11.1 Å². The highest BCUT2D eigenvalue weighted by molar-refractivity contribution is 6.30. The van der Waals surface area contributed by atoms with E-state index in [-0.39, 0.29) is 11.3 Å². The zero-order valence-corrected chi connectivity index (χ0v) is 9.21. The van der Waals surface area contributed by atoms with E-state index in [1.165, 1.54) is 18.3 Å². The topological polar surface area (TPSA) is 30.0 Å². The zero-order valence-electron chi connectivity index (χ0n) is 8.45. The number of hydrogen-bond donors (Lipinski definition) is 0. The Labute approximate surface area is 101 Å². The molecule has 0 saturated carbocycles. The first-order valence-corrected chi connectivity index (χ1v) is 5.06. The summed E-state index contributed by atoms with van der Waals surface area (Å²) in [4.78, 5) is 15.6. The van der Waals surface area contributed by atoms with Crippen molar-refractivity contribution in [1.82, 2.24) is 4.98 Å². The van der Waals surface area contributed by atoms with E-state index in [0.717, 1.165) is 12.1 Å². The van der Waals surface area contributed by atoms with Crippen molar-refractivity contribution in [2.75, 3.05) is 0 Å². The van der Waals surface area contributed by atoms with Gasteiger partial charge in [-0.25, -0.2) is 8.78 Å². The Morgan fingerprint density at radius 3 is 2.29 bits per heavy atom. The minimum absolute atomic E-state index is 0.0828. The molecule has 0 amide bonds. The number of aromatic nitrogens is 1. The fourth-order valence-electron chi connectivity index (χ4n) is 1.34. The molecule has 0 N–H and O–H groups in total. The molecule has 0 saturated heterocycles. The maximum atomic E-state index is 12.9. The Morgan fingerprint density at radius 2 is 1.76 bits per heavy atom. The van der Waals surface area contributed by atoms with Gasteiger partial charge in [-0.05, 0) is 24.3 Å². The number of ketones is 1. The molecule has 17 heavy (non-hydrogen) atoms. The van der Waals surface area contributed by atoms with Crippen LogP contribution in [0.25, 0.3) is 0 Å². The standard InChI is InChI=1S/C12H6ClF2NO/c13-8-1-2-11(16-6-8)12(17)7-3-9(14)5-10(15)4-7/h1-6H. The van der Waals surface area contributed by atoms with Crippen LogP contribution in [0.15, 0.2) is 36.5 Å². The quantitative estimate of drug-likeness (QED) is 0.769. The van der Waals surface area contributed by atoms with Crippen LogP contribution in [-0.4, -0.2) is 10.8 Å². The number of carbonyl (C=O) groups excluding carboxylic acids is 1. The molecule has 1 aromatic heterocycles. The predicted octanol–water partition coefficient (Wildman–Crippen LogP) is 3.24. The van der Waals surface area contributed by atoms with Gasteiger partial charge in [0.2, 0.25) is 5.78 Å². The number of hydrogen-bond acceptors (Lipinski definition) is 2. The molecule has 0 bridgehead atoms. The number of halogens is 3. The highest BCUT2D eigenvalue weighted by atomic mass is 35.5. The van der Waals surface area contributed by atoms with Gasteiger partial charge in [-0.1, -0.05) is 11.6 Å². The van der Waals surface area contributed by atoms with Gasteiger partial charge in [-0.3, -0.25) is 9.78 Å². The average Bonchev–Trinajstić information content (AvgIpc) is 2.28. The first kappa shape index (κ1) is 11.7. The largest absolute Gasteiger partial charge is 0.287 e. The molecule has 0 aliphatic heterocycles. The van der Waals surface area contributed by atoms with Gasteiger partial charge in [0.05, 0.1) is 5.02 Å². The van der Waals surface area contributed by atoms with Crippen LogP contribution in [-0.2, 0) is 0 Å². The van der Waals surface area contributed by atoms with E-state index < -0.39 is 17.4 Å². The van der Waals surface area contributed by atoms with Gasteiger partial charge >= 0.3 is 0 Å². The summed E-state index contributed by atoms with van der Waals surface area (Å²) in [6.45, 7) is 0. The molecule has 2 aromatic rings. The summed E-state index contributed by atoms with van der Waals surface area (Å²) < 4.78 is 25.9. The smallest absolute Gasteiger partial charge is 0.211 e. The first-order valence-electron chi connectivity index (χ1n) is 4.68. The number of nitrogens with zero attached hydrogens (tertiary/aromatic N) is 1. The average molecular weight is 254 g/mol. The Hall–Kier alpha value is -1.81. The molecule has 2 nitrogen and oxygen atoms in total. The summed E-state index contributed by atoms with van der Waals surface area (Å²) in [5, 5.41) is 0.381. The van der Waals surface area contributed by atoms with Crippen LogP contribution in [0.2, 0.25) is 5.02 Å². The third-order valence-electron chi connectivity index (χ3n) is 2.08. The molecule has 0 aliphatic carbocycles. The molecule has 1 aromatic carbocycles. The van der Waals surface area contributed by atoms with Crippen molar-refractivity contribution in [1.29, 1.82) is 0 Å². The van der Waals surface area contributed by atoms with Gasteiger partial charge in [-0.15, -0.1) is 0 Å². The lowest BCUT2D eigenvalue weighted by molar-refractivity contribution is 0.103. The van der Waals surface area contributed by atoms with Crippen LogP contribution in [0.3, 0.4) is 0 Å². The molecule has 0 atom stereocenters. The summed E-state index contributed by atoms with van der Waals surface area (Å²) in [5.41, 5.74) is -0.00303. The van der Waals surface area contributed by atoms with E-state index in [2.05, 4.69) is 4.98 Å². The van der Waals surface area contributed by atoms with Crippen molar-refractivity contribution < 1.29 is 13.6 Å². The zero-order chi connectivity index (χ0) is 12.4. The highest BCUT2D eigenvalue weighted by Gasteiger charge is 2.12. The molecule has 86 valence electrons. The Kier molecular flexibility index (Phi) is 3.15. The van der Waals surface area contributed by atoms with Crippen LogP contribution in [0.5, 0.6) is 0 Å². The number of benzene rings is 1. The number of rotatable bonds is 2. The molecular weight excluding hydrogens is 248 g/mol. The van der Waals surface area contributed by atoms with E-state index in [4.69, 9.17) is 11.6 Å². The number of pyridine rings is 1. The summed E-state index contributed by atoms with van der Waals surface area (Å²) in [7, 11) is 0. The molecule has 0 unspecified atom stereocenters. The van der Waals surface area contributed by atoms with Crippen molar-refractivity contribution in [3.05, 3.63) is 64.4 Å². The summed E-state index contributed by atoms with van der Waals surface area (Å²) >= 11 is 5.62. The van der Waals surface area contributed by atoms with Gasteiger partial charge in [0.25, 0.3) is 0 Å². The third kappa shape index (κ3) is 2.65. The molecule has 0 radical (unpaired) electrons. The molecular formula is C12H6ClF2NO. The monoisotopic (exact) mass is 253 g/mol. The van der Waals surface area contributed by atoms with Crippen LogP contribution >= 0.6 is 11.6 Å². The minimum Gasteiger partial charge on any atom is -0.287 e. The maximum absolute atomic E-state index is 12.9. The minimum atomic E-state index is -0.803. The van der Waals surface area contributed by atoms with E-state index >= 15 is 0 Å². The van der Waals surface area contributed by atoms with Crippen molar-refractivity contribution in [2.45, 2.75) is 0 Å². The second-order valence-corrected chi connectivity index (χ2v) is 3.79. The molecule has 0 spiro atoms. The molecule has 5 heteroatoms. The van der Waals surface area contributed by atoms with E-state index in [1.807, 2.05) is 0 Å². The van der Waals surface area contributed by atoms with Gasteiger partial charge in [0, 0.05) is 17.8 Å². The van der Waals surface area contributed by atoms with Crippen molar-refractivity contribution >= 4 is 17.4 Å². The molecule has 0 aliphatic rings. The summed E-state index contributed by atoms with van der Waals surface area (Å²) in [6.07, 6.45) is 1.30. The fourth-order valence-corrected chi connectivity index (χ4v) is 1.45. The molecule has 2 rings (SSSR count). The second-order valence-electron chi connectivity index (χ2n) is 3.35. The van der Waals surface area contributed by atoms with E-state index in [9.17, 15) is 13.6 Å². The van der Waals surface area contributed by atoms with E-state index in [1.54, 1.807) is 0 Å². The lowest BCUT2D eigenvalue weighted by atomic mass is 10.1. The Bertz CT molecular complexity index is 549. The molecule has 1 heterocycles. The van der Waals surface area contributed by atoms with Crippen LogP contribution in [0.1, 0.15) is 16.1 Å². The first-order chi connectivity index (χ1) is 8.06. The predicted molar refractivity (Wildman–Crippen MR) is 59.0 cm³/mol. The third-order valence-corrected chi connectivity index (χ3v) is 2.31. The van der Waals surface area contributed by atoms with Crippen LogP contribution in [0.4, 0.5) is 8.78 Å². The lowest BCUT2D eigenvalue weighted by Gasteiger charge is -2.01. The van der Waals surface area contributed by atoms with Crippen molar-refractivity contribution in [3.63, 3.8) is 0 Å². The SMILES string of the molecule is O=C(c1cc(F)cc(F)c1)c1ccc(Cl)cn1. The van der Waals surface area contributed by atoms with Gasteiger partial charge in [0.15, 0.2) is 0 Å². The lowest BCUT2D eigenvalue weighted by Crippen LogP contribution is -2.04. The Balaban J connectivity index is 2.40. The normalized spacial score (nSPS) is 10.3. The Morgan fingerprint density at radius 1 is 1.12 bits per heavy atom. The fraction of sp³-hybridized carbons (Fsp3) is 0. The van der Waals surface area contributed by atoms with Gasteiger partial charge in [-0.2, -0.15) is 0 Å². The van der Waals surface area contributed by atoms with Crippen LogP contribution in [0, 0.1) is 11.6 Å². The summed E-state index contributed by atoms with van der Waals surface area (Å²) in [5.74, 6) is -2.16. The highest BCUT2D eigenvalue weighted by Crippen LogP contribution is 2.13. The maximum Gasteiger partial charge on any atom is 0.211 e. The van der Waals surface area contributed by atoms with Gasteiger partial charge in [0.1, 0.15) is 17.3 Å². The van der Waals surface area contributed by atoms with Crippen molar-refractivity contribution in [2.24, 2.45) is 0 Å². The van der Waals surface area contributed by atoms with Gasteiger partial charge < -0.3 is 0 Å². The second kappa shape index (κ2) is 4.59. The number of carbonyl (C=O) groups is 1. The summed E-state index contributed by atoms with van der Waals surface area (Å²) in [6, 6.07) is 5.50.